The number of nitrogens with zero attached hydrogens (tertiary/aromatic N) is 5. The van der Waals surface area contributed by atoms with Crippen molar-refractivity contribution in [2.75, 3.05) is 19.8 Å². The van der Waals surface area contributed by atoms with Gasteiger partial charge in [0.15, 0.2) is 12.4 Å². The topological polar surface area (TPSA) is 140 Å². The Morgan fingerprint density at radius 1 is 1.75 bits per heavy atom. The summed E-state index contributed by atoms with van der Waals surface area (Å²) in [6.45, 7) is -0.975. The van der Waals surface area contributed by atoms with Gasteiger partial charge < -0.3 is 25.6 Å². The molecule has 0 aromatic rings. The van der Waals surface area contributed by atoms with E-state index in [0.717, 1.165) is 0 Å². The molecule has 0 aromatic heterocycles. The molecule has 1 saturated heterocycles. The number of aliphatic imine (C=N–C) groups is 1. The molecule has 110 valence electrons. The summed E-state index contributed by atoms with van der Waals surface area (Å²) in [6.07, 6.45) is -1.57. The van der Waals surface area contributed by atoms with Crippen LogP contribution in [0, 0.1) is 0 Å². The SMILES string of the molecule is [N-]=[N+]=NC[C@]1(CO)O[C@@H](N2C=CC(N)=NC2)[C@H](F)[C@@H]1O. The molecule has 1 fully saturated rings. The largest absolute Gasteiger partial charge is 0.393 e. The summed E-state index contributed by atoms with van der Waals surface area (Å²) in [6, 6.07) is 0. The highest BCUT2D eigenvalue weighted by atomic mass is 19.1. The second kappa shape index (κ2) is 5.63. The molecule has 10 heteroatoms. The Morgan fingerprint density at radius 2 is 2.50 bits per heavy atom. The number of aliphatic hydroxyl groups excluding tert-OH is 2. The van der Waals surface area contributed by atoms with Crippen LogP contribution in [0.2, 0.25) is 0 Å². The first kappa shape index (κ1) is 14.5. The molecule has 0 amide bonds. The van der Waals surface area contributed by atoms with Crippen LogP contribution in [-0.4, -0.2) is 64.9 Å². The Bertz CT molecular complexity index is 480. The van der Waals surface area contributed by atoms with E-state index in [9.17, 15) is 14.6 Å². The van der Waals surface area contributed by atoms with E-state index >= 15 is 0 Å². The summed E-state index contributed by atoms with van der Waals surface area (Å²) in [7, 11) is 0. The second-order valence-corrected chi connectivity index (χ2v) is 4.56. The van der Waals surface area contributed by atoms with Crippen molar-refractivity contribution < 1.29 is 19.3 Å². The van der Waals surface area contributed by atoms with Gasteiger partial charge in [0, 0.05) is 11.1 Å². The molecule has 2 heterocycles. The molecule has 2 aliphatic heterocycles. The number of hydrogen-bond donors (Lipinski definition) is 3. The summed E-state index contributed by atoms with van der Waals surface area (Å²) in [5, 5.41) is 22.6. The van der Waals surface area contributed by atoms with Crippen molar-refractivity contribution in [3.63, 3.8) is 0 Å². The van der Waals surface area contributed by atoms with Gasteiger partial charge in [0.2, 0.25) is 0 Å². The third-order valence-corrected chi connectivity index (χ3v) is 3.32. The van der Waals surface area contributed by atoms with Crippen LogP contribution in [0.1, 0.15) is 0 Å². The third kappa shape index (κ3) is 2.41. The van der Waals surface area contributed by atoms with Crippen molar-refractivity contribution in [3.8, 4) is 0 Å². The van der Waals surface area contributed by atoms with Crippen molar-refractivity contribution in [3.05, 3.63) is 22.7 Å². The predicted octanol–water partition coefficient (Wildman–Crippen LogP) is -0.773. The number of alkyl halides is 1. The first-order valence-corrected chi connectivity index (χ1v) is 5.89. The smallest absolute Gasteiger partial charge is 0.173 e. The molecule has 4 atom stereocenters. The van der Waals surface area contributed by atoms with Crippen LogP contribution in [-0.2, 0) is 4.74 Å². The minimum atomic E-state index is -1.78. The molecule has 0 spiro atoms. The molecule has 0 aliphatic carbocycles. The van der Waals surface area contributed by atoms with E-state index in [2.05, 4.69) is 15.0 Å². The van der Waals surface area contributed by atoms with Gasteiger partial charge in [-0.05, 0) is 11.6 Å². The molecular formula is C10H15FN6O3. The lowest BCUT2D eigenvalue weighted by Crippen LogP contribution is -2.48. The number of ether oxygens (including phenoxy) is 1. The maximum atomic E-state index is 14.2. The monoisotopic (exact) mass is 286 g/mol. The molecule has 0 aromatic carbocycles. The van der Waals surface area contributed by atoms with E-state index in [1.165, 1.54) is 17.2 Å². The summed E-state index contributed by atoms with van der Waals surface area (Å²) in [5.41, 5.74) is 12.1. The fourth-order valence-electron chi connectivity index (χ4n) is 2.14. The average molecular weight is 286 g/mol. The van der Waals surface area contributed by atoms with E-state index in [0.29, 0.717) is 5.84 Å². The van der Waals surface area contributed by atoms with Crippen LogP contribution in [0.15, 0.2) is 22.4 Å². The van der Waals surface area contributed by atoms with Gasteiger partial charge in [-0.1, -0.05) is 5.11 Å². The van der Waals surface area contributed by atoms with Crippen LogP contribution < -0.4 is 5.73 Å². The number of amidine groups is 1. The van der Waals surface area contributed by atoms with Crippen molar-refractivity contribution in [1.82, 2.24) is 4.90 Å². The Morgan fingerprint density at radius 3 is 3.05 bits per heavy atom. The van der Waals surface area contributed by atoms with Crippen LogP contribution in [0.3, 0.4) is 0 Å². The van der Waals surface area contributed by atoms with Gasteiger partial charge in [0.25, 0.3) is 0 Å². The van der Waals surface area contributed by atoms with Crippen molar-refractivity contribution in [2.24, 2.45) is 15.8 Å². The summed E-state index contributed by atoms with van der Waals surface area (Å²) >= 11 is 0. The number of hydrogen-bond acceptors (Lipinski definition) is 7. The van der Waals surface area contributed by atoms with Gasteiger partial charge in [-0.15, -0.1) is 0 Å². The molecule has 0 unspecified atom stereocenters. The Balaban J connectivity index is 2.17. The number of halogens is 1. The Kier molecular flexibility index (Phi) is 4.09. The molecular weight excluding hydrogens is 271 g/mol. The fourth-order valence-corrected chi connectivity index (χ4v) is 2.14. The van der Waals surface area contributed by atoms with Gasteiger partial charge in [0.05, 0.1) is 13.2 Å². The van der Waals surface area contributed by atoms with Crippen molar-refractivity contribution >= 4 is 5.84 Å². The second-order valence-electron chi connectivity index (χ2n) is 4.56. The predicted molar refractivity (Wildman–Crippen MR) is 67.1 cm³/mol. The van der Waals surface area contributed by atoms with Gasteiger partial charge in [0.1, 0.15) is 24.2 Å². The lowest BCUT2D eigenvalue weighted by molar-refractivity contribution is -0.133. The molecule has 20 heavy (non-hydrogen) atoms. The zero-order valence-electron chi connectivity index (χ0n) is 10.5. The summed E-state index contributed by atoms with van der Waals surface area (Å²) in [5.74, 6) is 0.303. The lowest BCUT2D eigenvalue weighted by atomic mass is 9.97. The first-order chi connectivity index (χ1) is 9.54. The number of azide groups is 1. The molecule has 0 bridgehead atoms. The van der Waals surface area contributed by atoms with Crippen LogP contribution in [0.4, 0.5) is 4.39 Å². The normalized spacial score (nSPS) is 36.6. The minimum Gasteiger partial charge on any atom is -0.393 e. The molecule has 4 N–H and O–H groups in total. The Hall–Kier alpha value is -1.87. The molecule has 2 rings (SSSR count). The third-order valence-electron chi connectivity index (χ3n) is 3.32. The van der Waals surface area contributed by atoms with Crippen molar-refractivity contribution in [2.45, 2.75) is 24.1 Å². The quantitative estimate of drug-likeness (QED) is 0.353. The van der Waals surface area contributed by atoms with E-state index in [4.69, 9.17) is 16.0 Å². The van der Waals surface area contributed by atoms with Crippen molar-refractivity contribution in [1.29, 1.82) is 0 Å². The zero-order valence-corrected chi connectivity index (χ0v) is 10.5. The molecule has 0 radical (unpaired) electrons. The highest BCUT2D eigenvalue weighted by Crippen LogP contribution is 2.35. The number of nitrogens with two attached hydrogens (primary N) is 1. The van der Waals surface area contributed by atoms with Crippen LogP contribution >= 0.6 is 0 Å². The number of rotatable bonds is 4. The molecule has 2 aliphatic rings. The maximum Gasteiger partial charge on any atom is 0.173 e. The van der Waals surface area contributed by atoms with Gasteiger partial charge in [-0.3, -0.25) is 0 Å². The van der Waals surface area contributed by atoms with Gasteiger partial charge >= 0.3 is 0 Å². The fraction of sp³-hybridized carbons (Fsp3) is 0.700. The lowest BCUT2D eigenvalue weighted by Gasteiger charge is -2.31. The summed E-state index contributed by atoms with van der Waals surface area (Å²) < 4.78 is 19.6. The summed E-state index contributed by atoms with van der Waals surface area (Å²) in [4.78, 5) is 7.85. The van der Waals surface area contributed by atoms with Gasteiger partial charge in [-0.2, -0.15) is 0 Å². The van der Waals surface area contributed by atoms with E-state index in [1.807, 2.05) is 0 Å². The highest BCUT2D eigenvalue weighted by molar-refractivity contribution is 5.91. The average Bonchev–Trinajstić information content (AvgIpc) is 2.72. The first-order valence-electron chi connectivity index (χ1n) is 5.89. The highest BCUT2D eigenvalue weighted by Gasteiger charge is 2.56. The molecule has 9 nitrogen and oxygen atoms in total. The maximum absolute atomic E-state index is 14.2. The standard InChI is InChI=1S/C10H15FN6O3/c11-7-8(19)10(4-18,3-15-16-13)20-9(7)17-2-1-6(12)14-5-17/h1-2,7-9,18-19H,3-5H2,(H2,12,14)/t7-,8+,9-,10-/m1/s1. The minimum absolute atomic E-state index is 0.0726. The molecule has 0 saturated carbocycles. The van der Waals surface area contributed by atoms with Crippen LogP contribution in [0.5, 0.6) is 0 Å². The van der Waals surface area contributed by atoms with Crippen LogP contribution in [0.25, 0.3) is 10.4 Å². The van der Waals surface area contributed by atoms with Gasteiger partial charge in [-0.25, -0.2) is 9.38 Å². The number of aliphatic hydroxyl groups is 2. The van der Waals surface area contributed by atoms with E-state index in [-0.39, 0.29) is 13.2 Å². The Labute approximate surface area is 113 Å². The van der Waals surface area contributed by atoms with E-state index < -0.39 is 30.7 Å². The zero-order chi connectivity index (χ0) is 14.8. The van der Waals surface area contributed by atoms with E-state index in [1.54, 1.807) is 0 Å².